The first-order valence-corrected chi connectivity index (χ1v) is 14.2. The van der Waals surface area contributed by atoms with Gasteiger partial charge in [-0.15, -0.1) is 0 Å². The Morgan fingerprint density at radius 2 is 2.05 bits per heavy atom. The highest BCUT2D eigenvalue weighted by molar-refractivity contribution is 6.30. The van der Waals surface area contributed by atoms with Crippen LogP contribution in [-0.2, 0) is 20.7 Å². The monoisotopic (exact) mass is 521 g/mol. The van der Waals surface area contributed by atoms with Crippen molar-refractivity contribution >= 4 is 34.8 Å². The number of morpholine rings is 1. The van der Waals surface area contributed by atoms with Gasteiger partial charge >= 0.3 is 0 Å². The first kappa shape index (κ1) is 24.9. The van der Waals surface area contributed by atoms with Crippen LogP contribution in [0.1, 0.15) is 62.5 Å². The second-order valence-corrected chi connectivity index (χ2v) is 12.0. The maximum atomic E-state index is 13.3. The smallest absolute Gasteiger partial charge is 0.225 e. The number of anilines is 2. The van der Waals surface area contributed by atoms with Crippen LogP contribution in [0, 0.1) is 23.2 Å². The van der Waals surface area contributed by atoms with Crippen LogP contribution in [0.2, 0.25) is 5.02 Å². The lowest BCUT2D eigenvalue weighted by Gasteiger charge is -2.50. The fourth-order valence-corrected chi connectivity index (χ4v) is 8.06. The molecule has 37 heavy (non-hydrogen) atoms. The molecule has 6 rings (SSSR count). The molecule has 2 saturated carbocycles. The highest BCUT2D eigenvalue weighted by atomic mass is 35.5. The fourth-order valence-electron chi connectivity index (χ4n) is 7.87. The Morgan fingerprint density at radius 3 is 2.84 bits per heavy atom. The molecule has 196 valence electrons. The van der Waals surface area contributed by atoms with Crippen molar-refractivity contribution in [3.05, 3.63) is 52.7 Å². The number of carbonyl (C=O) groups is 2. The van der Waals surface area contributed by atoms with Gasteiger partial charge in [-0.2, -0.15) is 0 Å². The molecular formula is C30H36ClN3O3. The molecule has 3 unspecified atom stereocenters. The van der Waals surface area contributed by atoms with Crippen molar-refractivity contribution in [2.24, 2.45) is 23.2 Å². The van der Waals surface area contributed by atoms with E-state index < -0.39 is 0 Å². The van der Waals surface area contributed by atoms with Crippen molar-refractivity contribution in [1.82, 2.24) is 4.98 Å². The van der Waals surface area contributed by atoms with Gasteiger partial charge in [0.05, 0.1) is 25.1 Å². The Balaban J connectivity index is 1.11. The maximum Gasteiger partial charge on any atom is 0.225 e. The zero-order valence-electron chi connectivity index (χ0n) is 21.5. The van der Waals surface area contributed by atoms with Crippen LogP contribution < -0.4 is 10.2 Å². The number of aryl methyl sites for hydroxylation is 1. The molecule has 2 aromatic rings. The van der Waals surface area contributed by atoms with E-state index in [1.54, 1.807) is 0 Å². The van der Waals surface area contributed by atoms with Gasteiger partial charge in [0, 0.05) is 36.4 Å². The molecule has 3 fully saturated rings. The van der Waals surface area contributed by atoms with Crippen molar-refractivity contribution in [2.45, 2.75) is 57.8 Å². The minimum absolute atomic E-state index is 0.0244. The third-order valence-corrected chi connectivity index (χ3v) is 9.90. The topological polar surface area (TPSA) is 71.5 Å². The zero-order valence-corrected chi connectivity index (χ0v) is 22.3. The number of nitrogens with one attached hydrogen (secondary N) is 1. The Kier molecular flexibility index (Phi) is 6.74. The van der Waals surface area contributed by atoms with Crippen molar-refractivity contribution in [3.8, 4) is 0 Å². The molecule has 1 saturated heterocycles. The van der Waals surface area contributed by atoms with E-state index in [1.807, 2.05) is 24.4 Å². The van der Waals surface area contributed by atoms with Gasteiger partial charge in [-0.25, -0.2) is 4.98 Å². The van der Waals surface area contributed by atoms with Crippen molar-refractivity contribution in [3.63, 3.8) is 0 Å². The second kappa shape index (κ2) is 10.0. The first-order chi connectivity index (χ1) is 17.9. The number of amides is 1. The molecule has 6 nitrogen and oxygen atoms in total. The van der Waals surface area contributed by atoms with Crippen LogP contribution >= 0.6 is 11.6 Å². The summed E-state index contributed by atoms with van der Waals surface area (Å²) in [5.74, 6) is 2.57. The van der Waals surface area contributed by atoms with Crippen LogP contribution in [0.15, 0.2) is 36.5 Å². The van der Waals surface area contributed by atoms with Crippen LogP contribution in [0.5, 0.6) is 0 Å². The van der Waals surface area contributed by atoms with E-state index in [-0.39, 0.29) is 17.2 Å². The number of hydrogen-bond donors (Lipinski definition) is 1. The van der Waals surface area contributed by atoms with Crippen molar-refractivity contribution in [1.29, 1.82) is 0 Å². The standard InChI is InChI=1S/C30H36ClN3O3/c1-30-11-10-24-23-7-4-21(31)16-19(23)2-6-25(24)29(30)20(17-26(30)35)3-9-28(36)33-27-8-5-22(18-32-27)34-12-14-37-15-13-34/h4-5,7-8,16,18,20,24-25,29H,2-3,6,9-15,17H2,1H3,(H,32,33,36)/t20-,24?,25?,29?,30-/m1/s1. The molecule has 1 amide bonds. The lowest BCUT2D eigenvalue weighted by atomic mass is 9.54. The van der Waals surface area contributed by atoms with Gasteiger partial charge in [0.25, 0.3) is 0 Å². The number of benzene rings is 1. The van der Waals surface area contributed by atoms with E-state index >= 15 is 0 Å². The van der Waals surface area contributed by atoms with Gasteiger partial charge in [-0.1, -0.05) is 24.6 Å². The summed E-state index contributed by atoms with van der Waals surface area (Å²) >= 11 is 6.28. The number of fused-ring (bicyclic) bond motifs is 5. The summed E-state index contributed by atoms with van der Waals surface area (Å²) < 4.78 is 5.42. The third kappa shape index (κ3) is 4.67. The molecule has 0 radical (unpaired) electrons. The number of ether oxygens (including phenoxy) is 1. The number of rotatable bonds is 5. The van der Waals surface area contributed by atoms with Crippen LogP contribution in [0.25, 0.3) is 0 Å². The molecule has 1 aromatic carbocycles. The van der Waals surface area contributed by atoms with E-state index in [0.717, 1.165) is 69.1 Å². The number of halogens is 1. The van der Waals surface area contributed by atoms with E-state index in [9.17, 15) is 9.59 Å². The molecule has 5 atom stereocenters. The van der Waals surface area contributed by atoms with Crippen LogP contribution in [-0.4, -0.2) is 43.0 Å². The Morgan fingerprint density at radius 1 is 1.22 bits per heavy atom. The fraction of sp³-hybridized carbons (Fsp3) is 0.567. The number of carbonyl (C=O) groups excluding carboxylic acids is 2. The van der Waals surface area contributed by atoms with Crippen LogP contribution in [0.3, 0.4) is 0 Å². The minimum atomic E-state index is -0.247. The normalized spacial score (nSPS) is 30.9. The number of Topliss-reactive ketones (excluding diaryl/α,β-unsaturated/α-hetero) is 1. The van der Waals surface area contributed by atoms with Gasteiger partial charge in [0.1, 0.15) is 11.6 Å². The van der Waals surface area contributed by atoms with Gasteiger partial charge in [-0.3, -0.25) is 9.59 Å². The van der Waals surface area contributed by atoms with Crippen molar-refractivity contribution < 1.29 is 14.3 Å². The predicted molar refractivity (Wildman–Crippen MR) is 145 cm³/mol. The Labute approximate surface area is 224 Å². The average molecular weight is 522 g/mol. The SMILES string of the molecule is C[C@]12CCC3c4ccc(Cl)cc4CCC3C1[C@H](CCC(=O)Nc1ccc(N3CCOCC3)cn1)CC2=O. The minimum Gasteiger partial charge on any atom is -0.378 e. The molecule has 7 heteroatoms. The molecule has 1 aliphatic heterocycles. The molecule has 0 spiro atoms. The Hall–Kier alpha value is -2.44. The number of aromatic nitrogens is 1. The maximum absolute atomic E-state index is 13.3. The van der Waals surface area contributed by atoms with Crippen molar-refractivity contribution in [2.75, 3.05) is 36.5 Å². The molecule has 3 aliphatic carbocycles. The van der Waals surface area contributed by atoms with E-state index in [4.69, 9.17) is 16.3 Å². The molecule has 1 aromatic heterocycles. The largest absolute Gasteiger partial charge is 0.378 e. The number of nitrogens with zero attached hydrogens (tertiary/aromatic N) is 2. The summed E-state index contributed by atoms with van der Waals surface area (Å²) in [5, 5.41) is 3.78. The summed E-state index contributed by atoms with van der Waals surface area (Å²) in [5.41, 5.74) is 3.62. The molecule has 2 heterocycles. The van der Waals surface area contributed by atoms with Crippen LogP contribution in [0.4, 0.5) is 11.5 Å². The van der Waals surface area contributed by atoms with E-state index in [2.05, 4.69) is 34.3 Å². The molecule has 4 aliphatic rings. The number of hydrogen-bond acceptors (Lipinski definition) is 5. The summed E-state index contributed by atoms with van der Waals surface area (Å²) in [7, 11) is 0. The number of ketones is 1. The summed E-state index contributed by atoms with van der Waals surface area (Å²) in [4.78, 5) is 32.9. The van der Waals surface area contributed by atoms with Gasteiger partial charge < -0.3 is 15.0 Å². The first-order valence-electron chi connectivity index (χ1n) is 13.8. The second-order valence-electron chi connectivity index (χ2n) is 11.6. The number of pyridine rings is 1. The lowest BCUT2D eigenvalue weighted by molar-refractivity contribution is -0.129. The lowest BCUT2D eigenvalue weighted by Crippen LogP contribution is -2.44. The van der Waals surface area contributed by atoms with Gasteiger partial charge in [0.2, 0.25) is 5.91 Å². The van der Waals surface area contributed by atoms with Gasteiger partial charge in [0.15, 0.2) is 0 Å². The summed E-state index contributed by atoms with van der Waals surface area (Å²) in [6.07, 6.45) is 7.74. The summed E-state index contributed by atoms with van der Waals surface area (Å²) in [6, 6.07) is 10.2. The highest BCUT2D eigenvalue weighted by Crippen LogP contribution is 2.62. The highest BCUT2D eigenvalue weighted by Gasteiger charge is 2.58. The predicted octanol–water partition coefficient (Wildman–Crippen LogP) is 5.64. The molecule has 0 bridgehead atoms. The van der Waals surface area contributed by atoms with Gasteiger partial charge in [-0.05, 0) is 91.2 Å². The van der Waals surface area contributed by atoms with E-state index in [1.165, 1.54) is 11.1 Å². The molecular weight excluding hydrogens is 486 g/mol. The molecule has 1 N–H and O–H groups in total. The summed E-state index contributed by atoms with van der Waals surface area (Å²) in [6.45, 7) is 5.37. The zero-order chi connectivity index (χ0) is 25.6. The average Bonchev–Trinajstić information content (AvgIpc) is 3.17. The van der Waals surface area contributed by atoms with E-state index in [0.29, 0.717) is 42.2 Å². The Bertz CT molecular complexity index is 1180. The quantitative estimate of drug-likeness (QED) is 0.551. The third-order valence-electron chi connectivity index (χ3n) is 9.67.